The minimum absolute atomic E-state index is 0.131. The summed E-state index contributed by atoms with van der Waals surface area (Å²) < 4.78 is 8.29. The number of rotatable bonds is 4. The molecule has 0 aliphatic carbocycles. The van der Waals surface area contributed by atoms with Crippen LogP contribution in [0, 0.1) is 13.8 Å². The lowest BCUT2D eigenvalue weighted by Gasteiger charge is -2.42. The minimum Gasteiger partial charge on any atom is -0.392 e. The number of aryl methyl sites for hydroxylation is 1. The summed E-state index contributed by atoms with van der Waals surface area (Å²) in [7, 11) is 0. The number of piperazine rings is 1. The molecule has 25 heavy (non-hydrogen) atoms. The van der Waals surface area contributed by atoms with E-state index in [1.54, 1.807) is 0 Å². The van der Waals surface area contributed by atoms with E-state index in [1.807, 2.05) is 0 Å². The van der Waals surface area contributed by atoms with E-state index >= 15 is 0 Å². The van der Waals surface area contributed by atoms with Gasteiger partial charge in [-0.15, -0.1) is 0 Å². The number of aliphatic hydroxyl groups excluding tert-OH is 1. The van der Waals surface area contributed by atoms with Gasteiger partial charge in [-0.05, 0) is 51.7 Å². The second-order valence-corrected chi connectivity index (χ2v) is 8.42. The largest absolute Gasteiger partial charge is 0.392 e. The van der Waals surface area contributed by atoms with Crippen LogP contribution in [0.3, 0.4) is 0 Å². The fourth-order valence-electron chi connectivity index (χ4n) is 5.02. The van der Waals surface area contributed by atoms with E-state index in [0.29, 0.717) is 18.2 Å². The third-order valence-electron chi connectivity index (χ3n) is 6.54. The summed E-state index contributed by atoms with van der Waals surface area (Å²) in [6.45, 7) is 12.8. The van der Waals surface area contributed by atoms with Crippen LogP contribution in [0.2, 0.25) is 0 Å². The number of aliphatic hydroxyl groups is 1. The Labute approximate surface area is 151 Å². The topological polar surface area (TPSA) is 40.9 Å². The van der Waals surface area contributed by atoms with Gasteiger partial charge in [0.1, 0.15) is 0 Å². The molecule has 0 unspecified atom stereocenters. The lowest BCUT2D eigenvalue weighted by molar-refractivity contribution is 0.0526. The molecule has 1 aromatic heterocycles. The number of hydrogen-bond acceptors (Lipinski definition) is 4. The number of fused-ring (bicyclic) bond motifs is 1. The quantitative estimate of drug-likeness (QED) is 0.904. The van der Waals surface area contributed by atoms with Crippen molar-refractivity contribution in [2.75, 3.05) is 26.2 Å². The molecule has 5 heteroatoms. The SMILES string of the molecule is Cc1cc(CN2C[C@H]3C[C@@H](O)CN3C[C@H]2C)c(C)n1C[C@H]1CCCO1. The molecule has 4 atom stereocenters. The third-order valence-corrected chi connectivity index (χ3v) is 6.54. The average Bonchev–Trinajstić information content (AvgIpc) is 3.25. The minimum atomic E-state index is -0.131. The van der Waals surface area contributed by atoms with Gasteiger partial charge >= 0.3 is 0 Å². The number of hydrogen-bond donors (Lipinski definition) is 1. The van der Waals surface area contributed by atoms with Crippen molar-refractivity contribution in [1.82, 2.24) is 14.4 Å². The van der Waals surface area contributed by atoms with Gasteiger partial charge in [0.15, 0.2) is 0 Å². The van der Waals surface area contributed by atoms with E-state index in [2.05, 4.69) is 41.2 Å². The zero-order valence-electron chi connectivity index (χ0n) is 15.9. The first-order chi connectivity index (χ1) is 12.0. The van der Waals surface area contributed by atoms with E-state index in [1.165, 1.54) is 29.8 Å². The zero-order valence-corrected chi connectivity index (χ0v) is 15.9. The summed E-state index contributed by atoms with van der Waals surface area (Å²) in [6.07, 6.45) is 3.58. The van der Waals surface area contributed by atoms with Gasteiger partial charge in [-0.25, -0.2) is 0 Å². The first-order valence-corrected chi connectivity index (χ1v) is 9.94. The van der Waals surface area contributed by atoms with E-state index in [-0.39, 0.29) is 6.10 Å². The predicted molar refractivity (Wildman–Crippen MR) is 98.7 cm³/mol. The Morgan fingerprint density at radius 1 is 1.24 bits per heavy atom. The number of nitrogens with zero attached hydrogens (tertiary/aromatic N) is 3. The lowest BCUT2D eigenvalue weighted by atomic mass is 10.1. The van der Waals surface area contributed by atoms with E-state index in [0.717, 1.165) is 45.8 Å². The van der Waals surface area contributed by atoms with Crippen LogP contribution in [0.5, 0.6) is 0 Å². The highest BCUT2D eigenvalue weighted by atomic mass is 16.5. The molecule has 0 radical (unpaired) electrons. The van der Waals surface area contributed by atoms with Crippen molar-refractivity contribution < 1.29 is 9.84 Å². The number of ether oxygens (including phenoxy) is 1. The summed E-state index contributed by atoms with van der Waals surface area (Å²) in [4.78, 5) is 5.09. The highest BCUT2D eigenvalue weighted by Gasteiger charge is 2.38. The maximum Gasteiger partial charge on any atom is 0.0754 e. The molecule has 3 fully saturated rings. The van der Waals surface area contributed by atoms with Crippen molar-refractivity contribution >= 4 is 0 Å². The van der Waals surface area contributed by atoms with Crippen LogP contribution in [-0.4, -0.2) is 70.0 Å². The highest BCUT2D eigenvalue weighted by Crippen LogP contribution is 2.28. The molecule has 5 nitrogen and oxygen atoms in total. The van der Waals surface area contributed by atoms with Crippen LogP contribution >= 0.6 is 0 Å². The second kappa shape index (κ2) is 7.03. The van der Waals surface area contributed by atoms with Crippen molar-refractivity contribution in [2.45, 2.75) is 77.4 Å². The molecule has 3 saturated heterocycles. The third kappa shape index (κ3) is 3.52. The maximum absolute atomic E-state index is 9.97. The Morgan fingerprint density at radius 3 is 2.84 bits per heavy atom. The van der Waals surface area contributed by atoms with Crippen molar-refractivity contribution in [1.29, 1.82) is 0 Å². The standard InChI is InChI=1S/C20H33N3O2/c1-14-7-17(16(3)23(14)13-20-5-4-6-25-20)10-21-11-18-8-19(24)12-22(18)9-15(21)2/h7,15,18-20,24H,4-6,8-13H2,1-3H3/t15-,18-,19-,20-/m1/s1. The summed E-state index contributed by atoms with van der Waals surface area (Å²) in [6, 6.07) is 3.44. The molecular formula is C20H33N3O2. The molecule has 1 N–H and O–H groups in total. The Hall–Kier alpha value is -0.880. The van der Waals surface area contributed by atoms with Crippen LogP contribution in [0.4, 0.5) is 0 Å². The van der Waals surface area contributed by atoms with Gasteiger partial charge in [0.2, 0.25) is 0 Å². The van der Waals surface area contributed by atoms with Crippen LogP contribution in [0.25, 0.3) is 0 Å². The van der Waals surface area contributed by atoms with Gasteiger partial charge in [0, 0.05) is 62.8 Å². The molecule has 0 amide bonds. The Kier molecular flexibility index (Phi) is 4.93. The van der Waals surface area contributed by atoms with Gasteiger partial charge in [-0.3, -0.25) is 9.80 Å². The zero-order chi connectivity index (χ0) is 17.6. The summed E-state index contributed by atoms with van der Waals surface area (Å²) in [5.41, 5.74) is 4.20. The van der Waals surface area contributed by atoms with Crippen molar-refractivity contribution in [3.8, 4) is 0 Å². The first kappa shape index (κ1) is 17.5. The molecule has 3 aliphatic rings. The van der Waals surface area contributed by atoms with Gasteiger partial charge < -0.3 is 14.4 Å². The van der Waals surface area contributed by atoms with Crippen LogP contribution < -0.4 is 0 Å². The molecular weight excluding hydrogens is 314 g/mol. The highest BCUT2D eigenvalue weighted by molar-refractivity contribution is 5.27. The smallest absolute Gasteiger partial charge is 0.0754 e. The summed E-state index contributed by atoms with van der Waals surface area (Å²) >= 11 is 0. The molecule has 1 aromatic rings. The molecule has 4 heterocycles. The Bertz CT molecular complexity index is 608. The monoisotopic (exact) mass is 347 g/mol. The average molecular weight is 348 g/mol. The fraction of sp³-hybridized carbons (Fsp3) is 0.800. The van der Waals surface area contributed by atoms with E-state index in [4.69, 9.17) is 4.74 Å². The second-order valence-electron chi connectivity index (χ2n) is 8.42. The summed E-state index contributed by atoms with van der Waals surface area (Å²) in [5, 5.41) is 9.97. The number of aromatic nitrogens is 1. The molecule has 0 spiro atoms. The van der Waals surface area contributed by atoms with Crippen molar-refractivity contribution in [3.05, 3.63) is 23.0 Å². The molecule has 0 saturated carbocycles. The van der Waals surface area contributed by atoms with Crippen LogP contribution in [0.15, 0.2) is 6.07 Å². The van der Waals surface area contributed by atoms with Crippen molar-refractivity contribution in [3.63, 3.8) is 0 Å². The normalized spacial score (nSPS) is 33.9. The molecule has 0 bridgehead atoms. The predicted octanol–water partition coefficient (Wildman–Crippen LogP) is 1.92. The lowest BCUT2D eigenvalue weighted by Crippen LogP contribution is -2.54. The molecule has 3 aliphatic heterocycles. The van der Waals surface area contributed by atoms with Gasteiger partial charge in [-0.2, -0.15) is 0 Å². The Balaban J connectivity index is 1.45. The van der Waals surface area contributed by atoms with Gasteiger partial charge in [0.25, 0.3) is 0 Å². The molecule has 0 aromatic carbocycles. The van der Waals surface area contributed by atoms with E-state index in [9.17, 15) is 5.11 Å². The maximum atomic E-state index is 9.97. The van der Waals surface area contributed by atoms with Gasteiger partial charge in [-0.1, -0.05) is 0 Å². The van der Waals surface area contributed by atoms with Crippen LogP contribution in [0.1, 0.15) is 43.1 Å². The summed E-state index contributed by atoms with van der Waals surface area (Å²) in [5.74, 6) is 0. The van der Waals surface area contributed by atoms with Crippen LogP contribution in [-0.2, 0) is 17.8 Å². The first-order valence-electron chi connectivity index (χ1n) is 9.94. The molecule has 4 rings (SSSR count). The molecule has 140 valence electrons. The van der Waals surface area contributed by atoms with Gasteiger partial charge in [0.05, 0.1) is 12.2 Å². The van der Waals surface area contributed by atoms with Crippen molar-refractivity contribution in [2.24, 2.45) is 0 Å². The fourth-order valence-corrected chi connectivity index (χ4v) is 5.02. The van der Waals surface area contributed by atoms with E-state index < -0.39 is 0 Å². The Morgan fingerprint density at radius 2 is 2.08 bits per heavy atom.